The van der Waals surface area contributed by atoms with Gasteiger partial charge in [-0.1, -0.05) is 39.0 Å². The average Bonchev–Trinajstić information content (AvgIpc) is 3.54. The van der Waals surface area contributed by atoms with E-state index < -0.39 is 0 Å². The number of amides is 2. The molecule has 10 heteroatoms. The molecular weight excluding hydrogens is 528 g/mol. The van der Waals surface area contributed by atoms with Crippen LogP contribution in [0, 0.1) is 6.92 Å². The van der Waals surface area contributed by atoms with Gasteiger partial charge < -0.3 is 19.1 Å². The van der Waals surface area contributed by atoms with E-state index in [2.05, 4.69) is 26.8 Å². The minimum Gasteiger partial charge on any atom is -0.454 e. The third kappa shape index (κ3) is 4.94. The number of fused-ring (bicyclic) bond motifs is 2. The Kier molecular flexibility index (Phi) is 7.00. The highest BCUT2D eigenvalue weighted by atomic mass is 32.2. The second kappa shape index (κ2) is 10.5. The molecule has 2 aromatic carbocycles. The summed E-state index contributed by atoms with van der Waals surface area (Å²) in [5.41, 5.74) is 4.42. The van der Waals surface area contributed by atoms with Crippen LogP contribution < -0.4 is 14.4 Å². The van der Waals surface area contributed by atoms with E-state index in [0.29, 0.717) is 43.6 Å². The van der Waals surface area contributed by atoms with Crippen LogP contribution >= 0.6 is 11.8 Å². The number of carbonyl (C=O) groups is 2. The minimum absolute atomic E-state index is 0.0542. The lowest BCUT2D eigenvalue weighted by Crippen LogP contribution is -2.48. The van der Waals surface area contributed by atoms with E-state index in [1.165, 1.54) is 0 Å². The van der Waals surface area contributed by atoms with Crippen LogP contribution in [0.4, 0.5) is 5.82 Å². The fourth-order valence-electron chi connectivity index (χ4n) is 5.40. The van der Waals surface area contributed by atoms with Crippen molar-refractivity contribution in [3.05, 3.63) is 64.8 Å². The van der Waals surface area contributed by atoms with Gasteiger partial charge in [0.05, 0.1) is 35.6 Å². The molecule has 0 aliphatic carbocycles. The summed E-state index contributed by atoms with van der Waals surface area (Å²) in [6, 6.07) is 14.0. The minimum atomic E-state index is -0.332. The topological polar surface area (TPSA) is 86.1 Å². The Labute approximate surface area is 238 Å². The van der Waals surface area contributed by atoms with E-state index in [1.807, 2.05) is 48.0 Å². The summed E-state index contributed by atoms with van der Waals surface area (Å²) >= 11 is 1.56. The second-order valence-electron chi connectivity index (χ2n) is 11.4. The third-order valence-electron chi connectivity index (χ3n) is 7.40. The molecule has 0 radical (unpaired) electrons. The van der Waals surface area contributed by atoms with Gasteiger partial charge in [-0.2, -0.15) is 5.10 Å². The van der Waals surface area contributed by atoms with Gasteiger partial charge in [-0.05, 0) is 42.3 Å². The van der Waals surface area contributed by atoms with Crippen molar-refractivity contribution < 1.29 is 23.8 Å². The molecule has 3 aliphatic rings. The van der Waals surface area contributed by atoms with Gasteiger partial charge in [0.2, 0.25) is 18.6 Å². The van der Waals surface area contributed by atoms with E-state index in [-0.39, 0.29) is 41.6 Å². The number of nitrogens with zero attached hydrogens (tertiary/aromatic N) is 4. The molecule has 0 bridgehead atoms. The number of morpholine rings is 1. The van der Waals surface area contributed by atoms with Crippen LogP contribution in [0.3, 0.4) is 0 Å². The summed E-state index contributed by atoms with van der Waals surface area (Å²) in [5.74, 6) is 2.06. The van der Waals surface area contributed by atoms with Gasteiger partial charge in [-0.3, -0.25) is 14.5 Å². The number of carbonyl (C=O) groups excluding carboxylic acids is 2. The summed E-state index contributed by atoms with van der Waals surface area (Å²) in [6.07, 6.45) is 0. The zero-order valence-electron chi connectivity index (χ0n) is 23.3. The number of anilines is 1. The number of benzene rings is 2. The SMILES string of the molecule is Cc1cccc(-n2nc(C(C)(C)C)c3c2N(CC(=O)N2CCOCC2)C(=O)CS[C@@H]3c2ccc3c(c2)OCO3)c1. The summed E-state index contributed by atoms with van der Waals surface area (Å²) in [5, 5.41) is 4.97. The van der Waals surface area contributed by atoms with Crippen molar-refractivity contribution in [1.82, 2.24) is 14.7 Å². The van der Waals surface area contributed by atoms with Crippen LogP contribution in [0.5, 0.6) is 11.5 Å². The molecule has 1 saturated heterocycles. The van der Waals surface area contributed by atoms with E-state index >= 15 is 0 Å². The van der Waals surface area contributed by atoms with E-state index in [9.17, 15) is 9.59 Å². The molecule has 3 aromatic rings. The number of aryl methyl sites for hydroxylation is 1. The lowest BCUT2D eigenvalue weighted by molar-refractivity contribution is -0.134. The van der Waals surface area contributed by atoms with Crippen LogP contribution in [0.1, 0.15) is 48.4 Å². The molecule has 1 aromatic heterocycles. The highest BCUT2D eigenvalue weighted by molar-refractivity contribution is 8.00. The highest BCUT2D eigenvalue weighted by Crippen LogP contribution is 2.50. The van der Waals surface area contributed by atoms with Crippen molar-refractivity contribution in [3.63, 3.8) is 0 Å². The molecule has 9 nitrogen and oxygen atoms in total. The lowest BCUT2D eigenvalue weighted by Gasteiger charge is -2.30. The summed E-state index contributed by atoms with van der Waals surface area (Å²) < 4.78 is 18.6. The molecule has 1 atom stereocenters. The number of hydrogen-bond donors (Lipinski definition) is 0. The Balaban J connectivity index is 1.55. The van der Waals surface area contributed by atoms with Crippen molar-refractivity contribution in [1.29, 1.82) is 0 Å². The summed E-state index contributed by atoms with van der Waals surface area (Å²) in [7, 11) is 0. The molecule has 0 saturated carbocycles. The van der Waals surface area contributed by atoms with Crippen molar-refractivity contribution in [3.8, 4) is 17.2 Å². The number of ether oxygens (including phenoxy) is 3. The van der Waals surface area contributed by atoms with Gasteiger partial charge in [0.15, 0.2) is 11.5 Å². The summed E-state index contributed by atoms with van der Waals surface area (Å²) in [6.45, 7) is 10.6. The van der Waals surface area contributed by atoms with Gasteiger partial charge in [0.25, 0.3) is 0 Å². The Hall–Kier alpha value is -3.50. The Morgan fingerprint density at radius 2 is 1.85 bits per heavy atom. The molecule has 3 aliphatic heterocycles. The first-order valence-electron chi connectivity index (χ1n) is 13.6. The molecule has 0 N–H and O–H groups in total. The van der Waals surface area contributed by atoms with Crippen LogP contribution in [-0.4, -0.2) is 71.9 Å². The zero-order valence-corrected chi connectivity index (χ0v) is 24.1. The predicted octanol–water partition coefficient (Wildman–Crippen LogP) is 4.23. The van der Waals surface area contributed by atoms with E-state index in [1.54, 1.807) is 21.6 Å². The Morgan fingerprint density at radius 1 is 1.07 bits per heavy atom. The van der Waals surface area contributed by atoms with Gasteiger partial charge in [0, 0.05) is 24.1 Å². The Morgan fingerprint density at radius 3 is 2.60 bits per heavy atom. The smallest absolute Gasteiger partial charge is 0.242 e. The average molecular weight is 563 g/mol. The molecule has 0 unspecified atom stereocenters. The molecule has 40 heavy (non-hydrogen) atoms. The maximum atomic E-state index is 13.9. The van der Waals surface area contributed by atoms with Crippen LogP contribution in [0.2, 0.25) is 0 Å². The van der Waals surface area contributed by atoms with Gasteiger partial charge in [-0.15, -0.1) is 11.8 Å². The monoisotopic (exact) mass is 562 g/mol. The first-order valence-corrected chi connectivity index (χ1v) is 14.6. The normalized spacial score (nSPS) is 19.0. The molecule has 0 spiro atoms. The molecule has 210 valence electrons. The van der Waals surface area contributed by atoms with Crippen molar-refractivity contribution in [2.45, 2.75) is 38.4 Å². The van der Waals surface area contributed by atoms with E-state index in [4.69, 9.17) is 19.3 Å². The maximum absolute atomic E-state index is 13.9. The fourth-order valence-corrected chi connectivity index (χ4v) is 6.59. The van der Waals surface area contributed by atoms with E-state index in [0.717, 1.165) is 28.1 Å². The van der Waals surface area contributed by atoms with Gasteiger partial charge in [0.1, 0.15) is 12.4 Å². The molecule has 4 heterocycles. The number of rotatable bonds is 4. The largest absolute Gasteiger partial charge is 0.454 e. The number of thioether (sulfide) groups is 1. The van der Waals surface area contributed by atoms with Crippen LogP contribution in [0.15, 0.2) is 42.5 Å². The highest BCUT2D eigenvalue weighted by Gasteiger charge is 2.40. The van der Waals surface area contributed by atoms with Gasteiger partial charge in [-0.25, -0.2) is 4.68 Å². The van der Waals surface area contributed by atoms with Crippen molar-refractivity contribution >= 4 is 29.4 Å². The quantitative estimate of drug-likeness (QED) is 0.470. The maximum Gasteiger partial charge on any atom is 0.242 e. The predicted molar refractivity (Wildman–Crippen MR) is 154 cm³/mol. The van der Waals surface area contributed by atoms with Gasteiger partial charge >= 0.3 is 0 Å². The lowest BCUT2D eigenvalue weighted by atomic mass is 9.87. The molecular formula is C30H34N4O5S. The third-order valence-corrected chi connectivity index (χ3v) is 8.66. The first-order chi connectivity index (χ1) is 19.2. The Bertz CT molecular complexity index is 1460. The molecule has 6 rings (SSSR count). The van der Waals surface area contributed by atoms with Crippen molar-refractivity contribution in [2.24, 2.45) is 0 Å². The molecule has 2 amide bonds. The zero-order chi connectivity index (χ0) is 28.0. The second-order valence-corrected chi connectivity index (χ2v) is 12.5. The fraction of sp³-hybridized carbons (Fsp3) is 0.433. The standard InChI is InChI=1S/C30H34N4O5S/c1-19-6-5-7-21(14-19)34-29-26(28(31-34)30(2,3)4)27(20-8-9-22-23(15-20)39-18-38-22)40-17-25(36)33(29)16-24(35)32-10-12-37-13-11-32/h5-9,14-15,27H,10-13,16-18H2,1-4H3/t27-/m1/s1. The number of aromatic nitrogens is 2. The van der Waals surface area contributed by atoms with Crippen LogP contribution in [0.25, 0.3) is 5.69 Å². The first kappa shape index (κ1) is 26.7. The molecule has 1 fully saturated rings. The van der Waals surface area contributed by atoms with Crippen molar-refractivity contribution in [2.75, 3.05) is 50.3 Å². The number of hydrogen-bond acceptors (Lipinski definition) is 7. The van der Waals surface area contributed by atoms with Crippen LogP contribution in [-0.2, 0) is 19.7 Å². The summed E-state index contributed by atoms with van der Waals surface area (Å²) in [4.78, 5) is 30.9.